The molecule has 0 aliphatic carbocycles. The van der Waals surface area contributed by atoms with Crippen LogP contribution in [-0.4, -0.2) is 0 Å². The Kier molecular flexibility index (Phi) is 31.8. The molecule has 0 rings (SSSR count). The first-order valence-electron chi connectivity index (χ1n) is 15.5. The van der Waals surface area contributed by atoms with Crippen LogP contribution in [-0.2, 0) is 0 Å². The number of rotatable bonds is 28. The second kappa shape index (κ2) is 31.9. The van der Waals surface area contributed by atoms with Crippen molar-refractivity contribution in [2.45, 2.75) is 181 Å². The molecule has 0 fully saturated rings. The SMILES string of the molecule is CCCCCCCCCCCCCC/C=C/P/C=C/CCCCCCCCCCCCCC. The molecule has 0 aromatic carbocycles. The van der Waals surface area contributed by atoms with E-state index < -0.39 is 0 Å². The van der Waals surface area contributed by atoms with Crippen molar-refractivity contribution in [2.75, 3.05) is 0 Å². The van der Waals surface area contributed by atoms with E-state index in [-0.39, 0.29) is 0 Å². The summed E-state index contributed by atoms with van der Waals surface area (Å²) >= 11 is 0. The summed E-state index contributed by atoms with van der Waals surface area (Å²) in [6.07, 6.45) is 42.1. The van der Waals surface area contributed by atoms with Crippen LogP contribution < -0.4 is 0 Å². The summed E-state index contributed by atoms with van der Waals surface area (Å²) in [7, 11) is 0.894. The molecule has 0 aromatic heterocycles. The van der Waals surface area contributed by atoms with E-state index in [0.29, 0.717) is 0 Å². The Hall–Kier alpha value is -0.0900. The van der Waals surface area contributed by atoms with Crippen LogP contribution in [0.3, 0.4) is 0 Å². The summed E-state index contributed by atoms with van der Waals surface area (Å²) in [5.74, 6) is 4.80. The molecule has 0 radical (unpaired) electrons. The molecule has 0 aliphatic rings. The number of allylic oxidation sites excluding steroid dienone is 2. The van der Waals surface area contributed by atoms with Gasteiger partial charge >= 0.3 is 0 Å². The summed E-state index contributed by atoms with van der Waals surface area (Å²) in [4.78, 5) is 0. The van der Waals surface area contributed by atoms with Crippen LogP contribution in [0, 0.1) is 0 Å². The highest BCUT2D eigenvalue weighted by molar-refractivity contribution is 7.45. The van der Waals surface area contributed by atoms with E-state index in [1.54, 1.807) is 0 Å². The molecular weight excluding hydrogens is 415 g/mol. The summed E-state index contributed by atoms with van der Waals surface area (Å²) in [5.41, 5.74) is 0. The molecule has 0 amide bonds. The van der Waals surface area contributed by atoms with E-state index in [9.17, 15) is 0 Å². The van der Waals surface area contributed by atoms with Crippen molar-refractivity contribution in [2.24, 2.45) is 0 Å². The van der Waals surface area contributed by atoms with Gasteiger partial charge in [0.2, 0.25) is 0 Å². The Morgan fingerprint density at radius 3 is 0.848 bits per heavy atom. The molecule has 0 saturated heterocycles. The minimum absolute atomic E-state index is 0.894. The lowest BCUT2D eigenvalue weighted by Crippen LogP contribution is -1.82. The normalized spacial score (nSPS) is 11.9. The van der Waals surface area contributed by atoms with E-state index in [4.69, 9.17) is 0 Å². The second-order valence-corrected chi connectivity index (χ2v) is 11.3. The highest BCUT2D eigenvalue weighted by atomic mass is 31.1. The number of hydrogen-bond acceptors (Lipinski definition) is 0. The standard InChI is InChI=1S/C32H63P/c1-3-5-7-9-11-13-15-17-19-21-23-25-27-29-31-33-32-30-28-26-24-22-20-18-16-14-12-10-8-6-4-2/h29-33H,3-28H2,1-2H3/b31-29+,32-30+. The molecule has 0 bridgehead atoms. The average molecular weight is 479 g/mol. The molecule has 0 N–H and O–H groups in total. The molecule has 0 heterocycles. The van der Waals surface area contributed by atoms with Crippen LogP contribution in [0.1, 0.15) is 181 Å². The monoisotopic (exact) mass is 478 g/mol. The first-order chi connectivity index (χ1) is 16.4. The van der Waals surface area contributed by atoms with Gasteiger partial charge in [-0.2, -0.15) is 0 Å². The van der Waals surface area contributed by atoms with Gasteiger partial charge in [-0.15, -0.1) is 0 Å². The van der Waals surface area contributed by atoms with Crippen molar-refractivity contribution in [1.82, 2.24) is 0 Å². The predicted octanol–water partition coefficient (Wildman–Crippen LogP) is 12.9. The first-order valence-corrected chi connectivity index (χ1v) is 16.6. The molecule has 0 nitrogen and oxygen atoms in total. The third-order valence-electron chi connectivity index (χ3n) is 6.88. The van der Waals surface area contributed by atoms with Gasteiger partial charge in [0.15, 0.2) is 0 Å². The quantitative estimate of drug-likeness (QED) is 0.0774. The zero-order chi connectivity index (χ0) is 23.9. The fraction of sp³-hybridized carbons (Fsp3) is 0.875. The zero-order valence-electron chi connectivity index (χ0n) is 23.2. The minimum atomic E-state index is 0.894. The van der Waals surface area contributed by atoms with Crippen LogP contribution >= 0.6 is 8.58 Å². The number of hydrogen-bond donors (Lipinski definition) is 0. The number of unbranched alkanes of at least 4 members (excludes halogenated alkanes) is 24. The van der Waals surface area contributed by atoms with Crippen molar-refractivity contribution in [1.29, 1.82) is 0 Å². The van der Waals surface area contributed by atoms with E-state index in [2.05, 4.69) is 37.6 Å². The fourth-order valence-electron chi connectivity index (χ4n) is 4.56. The van der Waals surface area contributed by atoms with Crippen LogP contribution in [0.25, 0.3) is 0 Å². The van der Waals surface area contributed by atoms with Gasteiger partial charge in [0.25, 0.3) is 0 Å². The maximum absolute atomic E-state index is 2.42. The van der Waals surface area contributed by atoms with E-state index in [1.165, 1.54) is 167 Å². The molecule has 1 heteroatoms. The Labute approximate surface area is 213 Å². The highest BCUT2D eigenvalue weighted by Gasteiger charge is 1.94. The second-order valence-electron chi connectivity index (χ2n) is 10.3. The van der Waals surface area contributed by atoms with E-state index in [1.807, 2.05) is 0 Å². The van der Waals surface area contributed by atoms with E-state index in [0.717, 1.165) is 8.58 Å². The molecule has 0 atom stereocenters. The van der Waals surface area contributed by atoms with Gasteiger partial charge in [-0.3, -0.25) is 0 Å². The molecule has 0 spiro atoms. The summed E-state index contributed by atoms with van der Waals surface area (Å²) in [6, 6.07) is 0. The fourth-order valence-corrected chi connectivity index (χ4v) is 5.28. The maximum Gasteiger partial charge on any atom is -0.0347 e. The summed E-state index contributed by atoms with van der Waals surface area (Å²) in [6.45, 7) is 4.60. The van der Waals surface area contributed by atoms with Crippen LogP contribution in [0.5, 0.6) is 0 Å². The molecule has 196 valence electrons. The summed E-state index contributed by atoms with van der Waals surface area (Å²) < 4.78 is 0. The highest BCUT2D eigenvalue weighted by Crippen LogP contribution is 2.17. The van der Waals surface area contributed by atoms with Crippen molar-refractivity contribution >= 4 is 8.58 Å². The molecule has 33 heavy (non-hydrogen) atoms. The maximum atomic E-state index is 2.42. The van der Waals surface area contributed by atoms with Gasteiger partial charge < -0.3 is 0 Å². The van der Waals surface area contributed by atoms with Gasteiger partial charge in [-0.25, -0.2) is 0 Å². The molecule has 0 unspecified atom stereocenters. The lowest BCUT2D eigenvalue weighted by Gasteiger charge is -2.02. The Morgan fingerprint density at radius 2 is 0.576 bits per heavy atom. The predicted molar refractivity (Wildman–Crippen MR) is 158 cm³/mol. The van der Waals surface area contributed by atoms with Crippen molar-refractivity contribution in [3.8, 4) is 0 Å². The third kappa shape index (κ3) is 31.9. The van der Waals surface area contributed by atoms with Crippen molar-refractivity contribution in [3.05, 3.63) is 23.8 Å². The van der Waals surface area contributed by atoms with Crippen LogP contribution in [0.15, 0.2) is 23.8 Å². The topological polar surface area (TPSA) is 0 Å². The van der Waals surface area contributed by atoms with Gasteiger partial charge in [-0.1, -0.05) is 187 Å². The first kappa shape index (κ1) is 32.9. The molecule has 0 aliphatic heterocycles. The van der Waals surface area contributed by atoms with Gasteiger partial charge in [0.05, 0.1) is 0 Å². The van der Waals surface area contributed by atoms with Gasteiger partial charge in [0, 0.05) is 0 Å². The van der Waals surface area contributed by atoms with Crippen LogP contribution in [0.2, 0.25) is 0 Å². The third-order valence-corrected chi connectivity index (χ3v) is 7.73. The average Bonchev–Trinajstić information content (AvgIpc) is 2.83. The zero-order valence-corrected chi connectivity index (χ0v) is 24.2. The minimum Gasteiger partial charge on any atom is -0.0840 e. The Morgan fingerprint density at radius 1 is 0.333 bits per heavy atom. The molecule has 0 saturated carbocycles. The molecular formula is C32H63P. The lowest BCUT2D eigenvalue weighted by atomic mass is 10.0. The smallest absolute Gasteiger partial charge is 0.0347 e. The van der Waals surface area contributed by atoms with E-state index >= 15 is 0 Å². The largest absolute Gasteiger partial charge is 0.0840 e. The van der Waals surface area contributed by atoms with Gasteiger partial charge in [0.1, 0.15) is 0 Å². The lowest BCUT2D eigenvalue weighted by molar-refractivity contribution is 0.545. The Bertz CT molecular complexity index is 348. The molecule has 0 aromatic rings. The van der Waals surface area contributed by atoms with Crippen LogP contribution in [0.4, 0.5) is 0 Å². The van der Waals surface area contributed by atoms with Gasteiger partial charge in [-0.05, 0) is 25.7 Å². The summed E-state index contributed by atoms with van der Waals surface area (Å²) in [5, 5.41) is 0. The van der Waals surface area contributed by atoms with Crippen molar-refractivity contribution < 1.29 is 0 Å². The Balaban J connectivity index is 3.14. The van der Waals surface area contributed by atoms with Crippen molar-refractivity contribution in [3.63, 3.8) is 0 Å².